The van der Waals surface area contributed by atoms with Gasteiger partial charge in [0.15, 0.2) is 0 Å². The molecule has 1 unspecified atom stereocenters. The molecule has 0 aliphatic rings. The topological polar surface area (TPSA) is 26.0 Å². The maximum atomic E-state index is 13.2. The lowest BCUT2D eigenvalue weighted by molar-refractivity contribution is -0.137. The maximum Gasteiger partial charge on any atom is 0.416 e. The molecule has 0 aliphatic heterocycles. The van der Waals surface area contributed by atoms with Crippen molar-refractivity contribution in [3.63, 3.8) is 0 Å². The monoisotopic (exact) mass is 297 g/mol. The van der Waals surface area contributed by atoms with Gasteiger partial charge in [0.2, 0.25) is 0 Å². The molecule has 0 saturated carbocycles. The number of hydrogen-bond donors (Lipinski definition) is 1. The fourth-order valence-electron chi connectivity index (χ4n) is 2.13. The number of halogens is 4. The molecule has 0 aliphatic carbocycles. The standard InChI is InChI=1S/C16H15F4N/c1-10-2-7-14(17)8-12(10)9-15(21)11-3-5-13(6-4-11)16(18,19)20/h2-8,15H,9,21H2,1H3. The lowest BCUT2D eigenvalue weighted by Crippen LogP contribution is -2.14. The second kappa shape index (κ2) is 5.85. The van der Waals surface area contributed by atoms with E-state index in [1.165, 1.54) is 24.3 Å². The predicted molar refractivity (Wildman–Crippen MR) is 73.2 cm³/mol. The Labute approximate surface area is 120 Å². The van der Waals surface area contributed by atoms with Crippen LogP contribution in [-0.2, 0) is 12.6 Å². The summed E-state index contributed by atoms with van der Waals surface area (Å²) in [5.41, 5.74) is 7.54. The van der Waals surface area contributed by atoms with Gasteiger partial charge >= 0.3 is 6.18 Å². The van der Waals surface area contributed by atoms with Gasteiger partial charge in [0.05, 0.1) is 5.56 Å². The van der Waals surface area contributed by atoms with Crippen LogP contribution < -0.4 is 5.73 Å². The first kappa shape index (κ1) is 15.5. The highest BCUT2D eigenvalue weighted by Crippen LogP contribution is 2.30. The number of hydrogen-bond acceptors (Lipinski definition) is 1. The average molecular weight is 297 g/mol. The fraction of sp³-hybridized carbons (Fsp3) is 0.250. The van der Waals surface area contributed by atoms with E-state index in [4.69, 9.17) is 5.73 Å². The molecule has 112 valence electrons. The molecule has 2 N–H and O–H groups in total. The largest absolute Gasteiger partial charge is 0.416 e. The molecule has 1 atom stereocenters. The van der Waals surface area contributed by atoms with E-state index in [1.54, 1.807) is 6.07 Å². The average Bonchev–Trinajstić information content (AvgIpc) is 2.42. The van der Waals surface area contributed by atoms with Gasteiger partial charge in [-0.2, -0.15) is 13.2 Å². The van der Waals surface area contributed by atoms with Gasteiger partial charge in [-0.05, 0) is 54.3 Å². The van der Waals surface area contributed by atoms with Gasteiger partial charge in [-0.25, -0.2) is 4.39 Å². The smallest absolute Gasteiger partial charge is 0.324 e. The van der Waals surface area contributed by atoms with Crippen LogP contribution in [0, 0.1) is 12.7 Å². The van der Waals surface area contributed by atoms with E-state index >= 15 is 0 Å². The summed E-state index contributed by atoms with van der Waals surface area (Å²) in [4.78, 5) is 0. The van der Waals surface area contributed by atoms with Crippen LogP contribution in [-0.4, -0.2) is 0 Å². The Kier molecular flexibility index (Phi) is 4.32. The van der Waals surface area contributed by atoms with E-state index in [0.29, 0.717) is 12.0 Å². The second-order valence-electron chi connectivity index (χ2n) is 5.00. The van der Waals surface area contributed by atoms with E-state index in [-0.39, 0.29) is 5.82 Å². The van der Waals surface area contributed by atoms with Crippen LogP contribution in [0.15, 0.2) is 42.5 Å². The summed E-state index contributed by atoms with van der Waals surface area (Å²) in [6.45, 7) is 1.84. The summed E-state index contributed by atoms with van der Waals surface area (Å²) >= 11 is 0. The van der Waals surface area contributed by atoms with E-state index < -0.39 is 17.8 Å². The number of alkyl halides is 3. The van der Waals surface area contributed by atoms with Crippen molar-refractivity contribution in [2.75, 3.05) is 0 Å². The fourth-order valence-corrected chi connectivity index (χ4v) is 2.13. The summed E-state index contributed by atoms with van der Waals surface area (Å²) in [5, 5.41) is 0. The Balaban J connectivity index is 2.17. The molecule has 0 bridgehead atoms. The zero-order chi connectivity index (χ0) is 15.6. The molecule has 21 heavy (non-hydrogen) atoms. The van der Waals surface area contributed by atoms with Crippen molar-refractivity contribution in [1.82, 2.24) is 0 Å². The molecule has 2 aromatic rings. The van der Waals surface area contributed by atoms with Crippen molar-refractivity contribution in [2.45, 2.75) is 25.6 Å². The predicted octanol–water partition coefficient (Wildman–Crippen LogP) is 4.40. The molecular formula is C16H15F4N. The zero-order valence-electron chi connectivity index (χ0n) is 11.4. The highest BCUT2D eigenvalue weighted by molar-refractivity contribution is 5.31. The van der Waals surface area contributed by atoms with Gasteiger partial charge in [-0.3, -0.25) is 0 Å². The molecule has 1 nitrogen and oxygen atoms in total. The normalized spacial score (nSPS) is 13.2. The molecule has 2 aromatic carbocycles. The maximum absolute atomic E-state index is 13.2. The van der Waals surface area contributed by atoms with Gasteiger partial charge in [0, 0.05) is 6.04 Å². The highest BCUT2D eigenvalue weighted by atomic mass is 19.4. The highest BCUT2D eigenvalue weighted by Gasteiger charge is 2.30. The number of rotatable bonds is 3. The van der Waals surface area contributed by atoms with Gasteiger partial charge < -0.3 is 5.73 Å². The van der Waals surface area contributed by atoms with E-state index in [0.717, 1.165) is 23.3 Å². The molecule has 2 rings (SSSR count). The van der Waals surface area contributed by atoms with Gasteiger partial charge in [0.25, 0.3) is 0 Å². The van der Waals surface area contributed by atoms with Crippen LogP contribution in [0.4, 0.5) is 17.6 Å². The summed E-state index contributed by atoms with van der Waals surface area (Å²) in [5.74, 6) is -0.352. The van der Waals surface area contributed by atoms with Crippen LogP contribution in [0.25, 0.3) is 0 Å². The van der Waals surface area contributed by atoms with Crippen LogP contribution in [0.3, 0.4) is 0 Å². The summed E-state index contributed by atoms with van der Waals surface area (Å²) < 4.78 is 50.7. The first-order chi connectivity index (χ1) is 9.77. The third kappa shape index (κ3) is 3.82. The van der Waals surface area contributed by atoms with Crippen LogP contribution >= 0.6 is 0 Å². The molecule has 0 amide bonds. The van der Waals surface area contributed by atoms with E-state index in [2.05, 4.69) is 0 Å². The van der Waals surface area contributed by atoms with Crippen molar-refractivity contribution in [3.05, 3.63) is 70.5 Å². The second-order valence-corrected chi connectivity index (χ2v) is 5.00. The Bertz CT molecular complexity index is 617. The van der Waals surface area contributed by atoms with Gasteiger partial charge in [-0.1, -0.05) is 18.2 Å². The molecule has 0 radical (unpaired) electrons. The SMILES string of the molecule is Cc1ccc(F)cc1CC(N)c1ccc(C(F)(F)F)cc1. The minimum atomic E-state index is -4.36. The molecular weight excluding hydrogens is 282 g/mol. The van der Waals surface area contributed by atoms with E-state index in [9.17, 15) is 17.6 Å². The minimum Gasteiger partial charge on any atom is -0.324 e. The first-order valence-corrected chi connectivity index (χ1v) is 6.45. The Morgan fingerprint density at radius 3 is 2.24 bits per heavy atom. The molecule has 5 heteroatoms. The van der Waals surface area contributed by atoms with Crippen molar-refractivity contribution >= 4 is 0 Å². The summed E-state index contributed by atoms with van der Waals surface area (Å²) in [7, 11) is 0. The summed E-state index contributed by atoms with van der Waals surface area (Å²) in [6.07, 6.45) is -3.99. The first-order valence-electron chi connectivity index (χ1n) is 6.45. The lowest BCUT2D eigenvalue weighted by Gasteiger charge is -2.15. The molecule has 0 aromatic heterocycles. The summed E-state index contributed by atoms with van der Waals surface area (Å²) in [6, 6.07) is 8.69. The van der Waals surface area contributed by atoms with Crippen LogP contribution in [0.1, 0.15) is 28.3 Å². The molecule has 0 saturated heterocycles. The molecule has 0 spiro atoms. The Hall–Kier alpha value is -1.88. The van der Waals surface area contributed by atoms with Crippen LogP contribution in [0.5, 0.6) is 0 Å². The van der Waals surface area contributed by atoms with Crippen molar-refractivity contribution in [1.29, 1.82) is 0 Å². The van der Waals surface area contributed by atoms with Gasteiger partial charge in [0.1, 0.15) is 5.82 Å². The molecule has 0 heterocycles. The Morgan fingerprint density at radius 2 is 1.67 bits per heavy atom. The third-order valence-electron chi connectivity index (χ3n) is 3.42. The number of benzene rings is 2. The molecule has 0 fully saturated rings. The quantitative estimate of drug-likeness (QED) is 0.835. The third-order valence-corrected chi connectivity index (χ3v) is 3.42. The lowest BCUT2D eigenvalue weighted by atomic mass is 9.96. The van der Waals surface area contributed by atoms with E-state index in [1.807, 2.05) is 6.92 Å². The van der Waals surface area contributed by atoms with Crippen molar-refractivity contribution in [3.8, 4) is 0 Å². The van der Waals surface area contributed by atoms with Crippen molar-refractivity contribution < 1.29 is 17.6 Å². The Morgan fingerprint density at radius 1 is 1.05 bits per heavy atom. The van der Waals surface area contributed by atoms with Gasteiger partial charge in [-0.15, -0.1) is 0 Å². The van der Waals surface area contributed by atoms with Crippen molar-refractivity contribution in [2.24, 2.45) is 5.73 Å². The minimum absolute atomic E-state index is 0.352. The number of aryl methyl sites for hydroxylation is 1. The van der Waals surface area contributed by atoms with Crippen LogP contribution in [0.2, 0.25) is 0 Å². The number of nitrogens with two attached hydrogens (primary N) is 1. The zero-order valence-corrected chi connectivity index (χ0v) is 11.4.